The molecule has 1 amide bonds. The highest BCUT2D eigenvalue weighted by molar-refractivity contribution is 5.94. The van der Waals surface area contributed by atoms with Gasteiger partial charge in [-0.1, -0.05) is 32.9 Å². The minimum Gasteiger partial charge on any atom is -0.550 e. The van der Waals surface area contributed by atoms with Crippen LogP contribution in [0.25, 0.3) is 0 Å². The Bertz CT molecular complexity index is 932. The Morgan fingerprint density at radius 2 is 1.72 bits per heavy atom. The quantitative estimate of drug-likeness (QED) is 0.823. The number of amides is 1. The predicted octanol–water partition coefficient (Wildman–Crippen LogP) is 4.23. The Hall–Kier alpha value is -2.82. The van der Waals surface area contributed by atoms with E-state index in [1.165, 1.54) is 0 Å². The molecule has 0 heterocycles. The van der Waals surface area contributed by atoms with Gasteiger partial charge in [0.05, 0.1) is 0 Å². The van der Waals surface area contributed by atoms with Gasteiger partial charge in [0.15, 0.2) is 0 Å². The number of carboxylic acids is 1. The maximum atomic E-state index is 12.8. The topological polar surface area (TPSA) is 78.5 Å². The molecule has 0 spiro atoms. The van der Waals surface area contributed by atoms with Crippen LogP contribution in [-0.2, 0) is 9.59 Å². The van der Waals surface area contributed by atoms with Crippen LogP contribution < -0.4 is 15.2 Å². The first kappa shape index (κ1) is 20.9. The SMILES string of the molecule is Cc1cccc(Oc2ccc(NC(=O)C3CCC(C)(C(=O)[O-])C3(C)C)cc2)c1C. The number of ether oxygens (including phenoxy) is 1. The molecule has 2 aromatic rings. The average Bonchev–Trinajstić information content (AvgIpc) is 2.91. The van der Waals surface area contributed by atoms with Crippen LogP contribution in [-0.4, -0.2) is 11.9 Å². The fourth-order valence-electron chi connectivity index (χ4n) is 4.12. The smallest absolute Gasteiger partial charge is 0.228 e. The highest BCUT2D eigenvalue weighted by Gasteiger charge is 2.54. The third-order valence-electron chi connectivity index (χ3n) is 6.90. The molecule has 2 atom stereocenters. The van der Waals surface area contributed by atoms with Crippen LogP contribution in [0.15, 0.2) is 42.5 Å². The van der Waals surface area contributed by atoms with Gasteiger partial charge in [-0.15, -0.1) is 0 Å². The van der Waals surface area contributed by atoms with Crippen molar-refractivity contribution in [3.8, 4) is 11.5 Å². The predicted molar refractivity (Wildman–Crippen MR) is 111 cm³/mol. The van der Waals surface area contributed by atoms with E-state index in [1.54, 1.807) is 19.1 Å². The maximum absolute atomic E-state index is 12.8. The van der Waals surface area contributed by atoms with Crippen molar-refractivity contribution in [1.29, 1.82) is 0 Å². The summed E-state index contributed by atoms with van der Waals surface area (Å²) in [5, 5.41) is 14.6. The molecule has 1 aliphatic rings. The molecular formula is C24H28NO4-. The van der Waals surface area contributed by atoms with E-state index in [0.717, 1.165) is 16.9 Å². The molecule has 5 heteroatoms. The third kappa shape index (κ3) is 3.74. The molecular weight excluding hydrogens is 366 g/mol. The number of carboxylic acid groups (broad SMARTS) is 1. The highest BCUT2D eigenvalue weighted by Crippen LogP contribution is 2.55. The molecule has 0 bridgehead atoms. The summed E-state index contributed by atoms with van der Waals surface area (Å²) in [6.07, 6.45) is 0.959. The first-order chi connectivity index (χ1) is 13.6. The van der Waals surface area contributed by atoms with E-state index in [9.17, 15) is 14.7 Å². The average molecular weight is 394 g/mol. The Balaban J connectivity index is 1.69. The van der Waals surface area contributed by atoms with Crippen LogP contribution in [0.1, 0.15) is 44.7 Å². The van der Waals surface area contributed by atoms with Gasteiger partial charge in [0.2, 0.25) is 5.91 Å². The first-order valence-electron chi connectivity index (χ1n) is 9.93. The molecule has 1 aliphatic carbocycles. The van der Waals surface area contributed by atoms with Crippen molar-refractivity contribution >= 4 is 17.6 Å². The van der Waals surface area contributed by atoms with E-state index in [-0.39, 0.29) is 5.91 Å². The van der Waals surface area contributed by atoms with Crippen molar-refractivity contribution in [3.63, 3.8) is 0 Å². The lowest BCUT2D eigenvalue weighted by molar-refractivity contribution is -0.323. The fraction of sp³-hybridized carbons (Fsp3) is 0.417. The number of rotatable bonds is 5. The van der Waals surface area contributed by atoms with E-state index >= 15 is 0 Å². The van der Waals surface area contributed by atoms with Crippen LogP contribution in [0, 0.1) is 30.6 Å². The number of carbonyl (C=O) groups is 2. The molecule has 154 valence electrons. The summed E-state index contributed by atoms with van der Waals surface area (Å²) in [5.41, 5.74) is 1.19. The highest BCUT2D eigenvalue weighted by atomic mass is 16.5. The molecule has 29 heavy (non-hydrogen) atoms. The molecule has 2 unspecified atom stereocenters. The Morgan fingerprint density at radius 3 is 2.31 bits per heavy atom. The zero-order valence-electron chi connectivity index (χ0n) is 17.7. The largest absolute Gasteiger partial charge is 0.550 e. The van der Waals surface area contributed by atoms with Crippen molar-refractivity contribution < 1.29 is 19.4 Å². The summed E-state index contributed by atoms with van der Waals surface area (Å²) in [5.74, 6) is -0.163. The molecule has 1 fully saturated rings. The molecule has 0 radical (unpaired) electrons. The minimum atomic E-state index is -1.09. The number of nitrogens with one attached hydrogen (secondary N) is 1. The molecule has 2 aromatic carbocycles. The minimum absolute atomic E-state index is 0.164. The van der Waals surface area contributed by atoms with Crippen LogP contribution in [0.5, 0.6) is 11.5 Å². The van der Waals surface area contributed by atoms with Crippen LogP contribution in [0.3, 0.4) is 0 Å². The van der Waals surface area contributed by atoms with Gasteiger partial charge < -0.3 is 20.0 Å². The van der Waals surface area contributed by atoms with Gasteiger partial charge in [-0.25, -0.2) is 0 Å². The van der Waals surface area contributed by atoms with Gasteiger partial charge in [0.1, 0.15) is 11.5 Å². The second-order valence-electron chi connectivity index (χ2n) is 8.75. The number of benzene rings is 2. The van der Waals surface area contributed by atoms with Gasteiger partial charge in [-0.3, -0.25) is 4.79 Å². The van der Waals surface area contributed by atoms with Gasteiger partial charge in [0.25, 0.3) is 0 Å². The monoisotopic (exact) mass is 394 g/mol. The summed E-state index contributed by atoms with van der Waals surface area (Å²) in [6, 6.07) is 13.1. The summed E-state index contributed by atoms with van der Waals surface area (Å²) in [4.78, 5) is 24.5. The van der Waals surface area contributed by atoms with Gasteiger partial charge >= 0.3 is 0 Å². The van der Waals surface area contributed by atoms with Gasteiger partial charge in [-0.05, 0) is 73.6 Å². The van der Waals surface area contributed by atoms with Crippen molar-refractivity contribution in [1.82, 2.24) is 0 Å². The Morgan fingerprint density at radius 1 is 1.07 bits per heavy atom. The fourth-order valence-corrected chi connectivity index (χ4v) is 4.12. The van der Waals surface area contributed by atoms with E-state index in [4.69, 9.17) is 4.74 Å². The van der Waals surface area contributed by atoms with Crippen LogP contribution in [0.4, 0.5) is 5.69 Å². The molecule has 0 aromatic heterocycles. The number of aliphatic carboxylic acids is 1. The lowest BCUT2D eigenvalue weighted by Crippen LogP contribution is -2.49. The van der Waals surface area contributed by atoms with Gasteiger partial charge in [0, 0.05) is 23.0 Å². The zero-order chi connectivity index (χ0) is 21.4. The van der Waals surface area contributed by atoms with Gasteiger partial charge in [-0.2, -0.15) is 0 Å². The van der Waals surface area contributed by atoms with E-state index in [1.807, 2.05) is 58.0 Å². The second kappa shape index (κ2) is 7.54. The number of carbonyl (C=O) groups excluding carboxylic acids is 2. The number of anilines is 1. The molecule has 3 rings (SSSR count). The van der Waals surface area contributed by atoms with Crippen molar-refractivity contribution in [2.24, 2.45) is 16.7 Å². The summed E-state index contributed by atoms with van der Waals surface area (Å²) < 4.78 is 5.95. The van der Waals surface area contributed by atoms with Crippen molar-refractivity contribution in [2.75, 3.05) is 5.32 Å². The zero-order valence-corrected chi connectivity index (χ0v) is 17.7. The lowest BCUT2D eigenvalue weighted by Gasteiger charge is -2.41. The standard InChI is InChI=1S/C24H29NO4/c1-15-7-6-8-20(16(15)2)29-18-11-9-17(10-12-18)25-21(26)19-13-14-24(5,22(27)28)23(19,3)4/h6-12,19H,13-14H2,1-5H3,(H,25,26)(H,27,28)/p-1. The van der Waals surface area contributed by atoms with Crippen molar-refractivity contribution in [2.45, 2.75) is 47.5 Å². The Labute approximate surface area is 172 Å². The third-order valence-corrected chi connectivity index (χ3v) is 6.90. The summed E-state index contributed by atoms with van der Waals surface area (Å²) in [6.45, 7) is 9.40. The van der Waals surface area contributed by atoms with Crippen LogP contribution >= 0.6 is 0 Å². The van der Waals surface area contributed by atoms with E-state index in [2.05, 4.69) is 5.32 Å². The van der Waals surface area contributed by atoms with Crippen LogP contribution in [0.2, 0.25) is 0 Å². The molecule has 1 saturated carbocycles. The molecule has 1 N–H and O–H groups in total. The number of hydrogen-bond donors (Lipinski definition) is 1. The number of aryl methyl sites for hydroxylation is 1. The summed E-state index contributed by atoms with van der Waals surface area (Å²) >= 11 is 0. The lowest BCUT2D eigenvalue weighted by atomic mass is 9.65. The Kier molecular flexibility index (Phi) is 5.44. The first-order valence-corrected chi connectivity index (χ1v) is 9.93. The molecule has 0 saturated heterocycles. The number of hydrogen-bond acceptors (Lipinski definition) is 4. The van der Waals surface area contributed by atoms with Crippen molar-refractivity contribution in [3.05, 3.63) is 53.6 Å². The normalized spacial score (nSPS) is 22.9. The second-order valence-corrected chi connectivity index (χ2v) is 8.75. The molecule has 5 nitrogen and oxygen atoms in total. The van der Waals surface area contributed by atoms with E-state index < -0.39 is 22.7 Å². The summed E-state index contributed by atoms with van der Waals surface area (Å²) in [7, 11) is 0. The maximum Gasteiger partial charge on any atom is 0.228 e. The van der Waals surface area contributed by atoms with E-state index in [0.29, 0.717) is 24.3 Å². The molecule has 0 aliphatic heterocycles.